The number of rotatable bonds is 6. The number of aromatic nitrogens is 3. The molecule has 1 amide bonds. The van der Waals surface area contributed by atoms with Crippen LogP contribution in [0.3, 0.4) is 0 Å². The first-order chi connectivity index (χ1) is 12.8. The van der Waals surface area contributed by atoms with Crippen LogP contribution in [0.1, 0.15) is 18.5 Å². The molecule has 0 aliphatic carbocycles. The van der Waals surface area contributed by atoms with Crippen LogP contribution in [0.2, 0.25) is 0 Å². The van der Waals surface area contributed by atoms with Gasteiger partial charge in [0, 0.05) is 24.7 Å². The van der Waals surface area contributed by atoms with E-state index in [1.807, 2.05) is 47.4 Å². The second-order valence-corrected chi connectivity index (χ2v) is 6.59. The van der Waals surface area contributed by atoms with Crippen LogP contribution in [0.4, 0.5) is 0 Å². The average Bonchev–Trinajstić information content (AvgIpc) is 3.32. The summed E-state index contributed by atoms with van der Waals surface area (Å²) in [6, 6.07) is 13.7. The number of ether oxygens (including phenoxy) is 1. The number of hydrogen-bond donors (Lipinski definition) is 0. The number of amides is 1. The minimum atomic E-state index is 0.0278. The van der Waals surface area contributed by atoms with Crippen LogP contribution in [0.5, 0.6) is 0 Å². The molecule has 1 atom stereocenters. The Hall–Kier alpha value is -2.73. The molecule has 1 saturated heterocycles. The van der Waals surface area contributed by atoms with E-state index in [1.165, 1.54) is 0 Å². The Kier molecular flexibility index (Phi) is 4.93. The standard InChI is InChI=1S/C20H22N4O2/c25-20(15-24-19-9-2-1-6-16(19)12-22-24)23(14-18-8-5-11-26-18)13-17-7-3-4-10-21-17/h1-4,6-7,9-10,12,18H,5,8,11,13-15H2. The molecule has 3 heterocycles. The van der Waals surface area contributed by atoms with Gasteiger partial charge < -0.3 is 9.64 Å². The molecule has 0 N–H and O–H groups in total. The molecule has 1 unspecified atom stereocenters. The third-order valence-electron chi connectivity index (χ3n) is 4.72. The molecule has 3 aromatic rings. The maximum Gasteiger partial charge on any atom is 0.244 e. The van der Waals surface area contributed by atoms with E-state index >= 15 is 0 Å². The van der Waals surface area contributed by atoms with Crippen LogP contribution in [0.15, 0.2) is 54.9 Å². The van der Waals surface area contributed by atoms with Crippen molar-refractivity contribution in [3.05, 3.63) is 60.6 Å². The van der Waals surface area contributed by atoms with Crippen molar-refractivity contribution in [2.75, 3.05) is 13.2 Å². The van der Waals surface area contributed by atoms with E-state index in [4.69, 9.17) is 4.74 Å². The number of para-hydroxylation sites is 1. The van der Waals surface area contributed by atoms with Crippen molar-refractivity contribution in [2.45, 2.75) is 32.0 Å². The summed E-state index contributed by atoms with van der Waals surface area (Å²) in [5.74, 6) is 0.0278. The molecule has 2 aromatic heterocycles. The quantitative estimate of drug-likeness (QED) is 0.686. The molecule has 6 heteroatoms. The maximum atomic E-state index is 13.0. The van der Waals surface area contributed by atoms with Gasteiger partial charge in [-0.25, -0.2) is 0 Å². The highest BCUT2D eigenvalue weighted by atomic mass is 16.5. The first-order valence-corrected chi connectivity index (χ1v) is 8.99. The monoisotopic (exact) mass is 350 g/mol. The van der Waals surface area contributed by atoms with Gasteiger partial charge in [-0.1, -0.05) is 24.3 Å². The average molecular weight is 350 g/mol. The van der Waals surface area contributed by atoms with E-state index in [1.54, 1.807) is 17.1 Å². The summed E-state index contributed by atoms with van der Waals surface area (Å²) >= 11 is 0. The summed E-state index contributed by atoms with van der Waals surface area (Å²) in [5, 5.41) is 5.42. The number of hydrogen-bond acceptors (Lipinski definition) is 4. The van der Waals surface area contributed by atoms with Crippen LogP contribution >= 0.6 is 0 Å². The van der Waals surface area contributed by atoms with Crippen LogP contribution in [-0.4, -0.2) is 44.8 Å². The molecule has 0 spiro atoms. The molecule has 1 aliphatic rings. The van der Waals surface area contributed by atoms with Crippen LogP contribution in [0, 0.1) is 0 Å². The van der Waals surface area contributed by atoms with E-state index < -0.39 is 0 Å². The Balaban J connectivity index is 1.52. The molecule has 0 saturated carbocycles. The predicted octanol–water partition coefficient (Wildman–Crippen LogP) is 2.64. The van der Waals surface area contributed by atoms with Crippen molar-refractivity contribution in [2.24, 2.45) is 0 Å². The lowest BCUT2D eigenvalue weighted by atomic mass is 10.2. The summed E-state index contributed by atoms with van der Waals surface area (Å²) in [6.07, 6.45) is 5.71. The summed E-state index contributed by atoms with van der Waals surface area (Å²) < 4.78 is 7.50. The van der Waals surface area contributed by atoms with Crippen LogP contribution in [-0.2, 0) is 22.6 Å². The van der Waals surface area contributed by atoms with E-state index in [0.717, 1.165) is 36.0 Å². The van der Waals surface area contributed by atoms with Gasteiger partial charge in [-0.3, -0.25) is 14.5 Å². The summed E-state index contributed by atoms with van der Waals surface area (Å²) in [6.45, 7) is 2.07. The number of benzene rings is 1. The molecule has 0 bridgehead atoms. The van der Waals surface area contributed by atoms with Gasteiger partial charge in [-0.05, 0) is 31.0 Å². The van der Waals surface area contributed by atoms with Gasteiger partial charge in [0.2, 0.25) is 5.91 Å². The lowest BCUT2D eigenvalue weighted by Gasteiger charge is -2.25. The van der Waals surface area contributed by atoms with E-state index in [-0.39, 0.29) is 18.6 Å². The zero-order valence-corrected chi connectivity index (χ0v) is 14.6. The largest absolute Gasteiger partial charge is 0.376 e. The zero-order chi connectivity index (χ0) is 17.8. The lowest BCUT2D eigenvalue weighted by molar-refractivity contribution is -0.134. The molecular formula is C20H22N4O2. The Morgan fingerprint density at radius 3 is 2.92 bits per heavy atom. The van der Waals surface area contributed by atoms with Gasteiger partial charge >= 0.3 is 0 Å². The molecule has 1 aliphatic heterocycles. The summed E-state index contributed by atoms with van der Waals surface area (Å²) in [7, 11) is 0. The first-order valence-electron chi connectivity index (χ1n) is 8.99. The number of nitrogens with zero attached hydrogens (tertiary/aromatic N) is 4. The van der Waals surface area contributed by atoms with E-state index in [0.29, 0.717) is 13.1 Å². The second kappa shape index (κ2) is 7.66. The topological polar surface area (TPSA) is 60.2 Å². The third kappa shape index (κ3) is 3.75. The molecule has 4 rings (SSSR count). The Morgan fingerprint density at radius 1 is 1.23 bits per heavy atom. The number of fused-ring (bicyclic) bond motifs is 1. The molecule has 26 heavy (non-hydrogen) atoms. The van der Waals surface area contributed by atoms with Gasteiger partial charge in [0.1, 0.15) is 6.54 Å². The summed E-state index contributed by atoms with van der Waals surface area (Å²) in [5.41, 5.74) is 1.85. The zero-order valence-electron chi connectivity index (χ0n) is 14.6. The highest BCUT2D eigenvalue weighted by Crippen LogP contribution is 2.17. The SMILES string of the molecule is O=C(Cn1ncc2ccccc21)N(Cc1ccccn1)CC1CCCO1. The van der Waals surface area contributed by atoms with Crippen molar-refractivity contribution in [1.82, 2.24) is 19.7 Å². The fraction of sp³-hybridized carbons (Fsp3) is 0.350. The highest BCUT2D eigenvalue weighted by Gasteiger charge is 2.23. The first kappa shape index (κ1) is 16.7. The number of pyridine rings is 1. The highest BCUT2D eigenvalue weighted by molar-refractivity contribution is 5.82. The van der Waals surface area contributed by atoms with Crippen molar-refractivity contribution in [3.63, 3.8) is 0 Å². The van der Waals surface area contributed by atoms with E-state index in [9.17, 15) is 4.79 Å². The fourth-order valence-corrected chi connectivity index (χ4v) is 3.36. The smallest absolute Gasteiger partial charge is 0.244 e. The number of carbonyl (C=O) groups is 1. The van der Waals surface area contributed by atoms with Gasteiger partial charge in [-0.2, -0.15) is 5.10 Å². The molecule has 134 valence electrons. The molecule has 1 fully saturated rings. The Morgan fingerprint density at radius 2 is 2.12 bits per heavy atom. The number of carbonyl (C=O) groups excluding carboxylic acids is 1. The van der Waals surface area contributed by atoms with Crippen molar-refractivity contribution in [1.29, 1.82) is 0 Å². The third-order valence-corrected chi connectivity index (χ3v) is 4.72. The van der Waals surface area contributed by atoms with Gasteiger partial charge in [0.05, 0.1) is 30.1 Å². The van der Waals surface area contributed by atoms with Gasteiger partial charge in [-0.15, -0.1) is 0 Å². The van der Waals surface area contributed by atoms with Gasteiger partial charge in [0.15, 0.2) is 0 Å². The lowest BCUT2D eigenvalue weighted by Crippen LogP contribution is -2.39. The van der Waals surface area contributed by atoms with Crippen molar-refractivity contribution >= 4 is 16.8 Å². The normalized spacial score (nSPS) is 16.8. The molecular weight excluding hydrogens is 328 g/mol. The molecule has 1 aromatic carbocycles. The fourth-order valence-electron chi connectivity index (χ4n) is 3.36. The molecule has 6 nitrogen and oxygen atoms in total. The van der Waals surface area contributed by atoms with Crippen molar-refractivity contribution < 1.29 is 9.53 Å². The predicted molar refractivity (Wildman–Crippen MR) is 98.4 cm³/mol. The summed E-state index contributed by atoms with van der Waals surface area (Å²) in [4.78, 5) is 19.2. The minimum Gasteiger partial charge on any atom is -0.376 e. The maximum absolute atomic E-state index is 13.0. The van der Waals surface area contributed by atoms with Crippen LogP contribution in [0.25, 0.3) is 10.9 Å². The van der Waals surface area contributed by atoms with Crippen molar-refractivity contribution in [3.8, 4) is 0 Å². The second-order valence-electron chi connectivity index (χ2n) is 6.59. The van der Waals surface area contributed by atoms with Crippen LogP contribution < -0.4 is 0 Å². The molecule has 0 radical (unpaired) electrons. The van der Waals surface area contributed by atoms with E-state index in [2.05, 4.69) is 10.1 Å². The Bertz CT molecular complexity index is 872. The minimum absolute atomic E-state index is 0.0278. The van der Waals surface area contributed by atoms with Gasteiger partial charge in [0.25, 0.3) is 0 Å². The Labute approximate surface area is 152 Å².